The van der Waals surface area contributed by atoms with Crippen LogP contribution < -0.4 is 20.1 Å². The normalized spacial score (nSPS) is 14.9. The van der Waals surface area contributed by atoms with Crippen LogP contribution in [0.4, 0.5) is 30.8 Å². The number of carboxylic acids is 1. The number of hydrogen-bond acceptors (Lipinski definition) is 8. The van der Waals surface area contributed by atoms with Crippen LogP contribution in [0.3, 0.4) is 0 Å². The van der Waals surface area contributed by atoms with Crippen molar-refractivity contribution in [3.8, 4) is 11.8 Å². The first-order valence-corrected chi connectivity index (χ1v) is 9.27. The summed E-state index contributed by atoms with van der Waals surface area (Å²) in [6.07, 6.45) is -1.28. The highest BCUT2D eigenvalue weighted by atomic mass is 19.4. The van der Waals surface area contributed by atoms with Gasteiger partial charge in [0.05, 0.1) is 6.61 Å². The van der Waals surface area contributed by atoms with E-state index in [1.807, 2.05) is 0 Å². The maximum absolute atomic E-state index is 12.5. The maximum Gasteiger partial charge on any atom is 0.422 e. The van der Waals surface area contributed by atoms with Crippen molar-refractivity contribution in [2.75, 3.05) is 30.4 Å². The molecule has 0 saturated heterocycles. The topological polar surface area (TPSA) is 118 Å². The predicted molar refractivity (Wildman–Crippen MR) is 101 cm³/mol. The van der Waals surface area contributed by atoms with Crippen molar-refractivity contribution in [2.24, 2.45) is 0 Å². The zero-order chi connectivity index (χ0) is 21.6. The first kappa shape index (κ1) is 21.4. The summed E-state index contributed by atoms with van der Waals surface area (Å²) in [5.74, 6) is -0.959. The molecule has 162 valence electrons. The van der Waals surface area contributed by atoms with Gasteiger partial charge in [-0.05, 0) is 25.0 Å². The average molecular weight is 427 g/mol. The number of rotatable bonds is 3. The zero-order valence-corrected chi connectivity index (χ0v) is 15.8. The summed E-state index contributed by atoms with van der Waals surface area (Å²) in [4.78, 5) is 23.3. The Kier molecular flexibility index (Phi) is 6.75. The van der Waals surface area contributed by atoms with Gasteiger partial charge in [0.1, 0.15) is 11.3 Å². The summed E-state index contributed by atoms with van der Waals surface area (Å²) in [5.41, 5.74) is 0.390. The molecular formula is C18H20F3N5O4. The van der Waals surface area contributed by atoms with Gasteiger partial charge in [-0.1, -0.05) is 12.8 Å². The second kappa shape index (κ2) is 9.46. The lowest BCUT2D eigenvalue weighted by Crippen LogP contribution is -2.21. The molecule has 1 aliphatic rings. The van der Waals surface area contributed by atoms with E-state index in [4.69, 9.17) is 4.74 Å². The van der Waals surface area contributed by atoms with Crippen LogP contribution >= 0.6 is 0 Å². The Morgan fingerprint density at radius 2 is 1.90 bits per heavy atom. The van der Waals surface area contributed by atoms with E-state index in [0.29, 0.717) is 18.8 Å². The van der Waals surface area contributed by atoms with Crippen molar-refractivity contribution in [3.63, 3.8) is 0 Å². The molecule has 9 nitrogen and oxygen atoms in total. The van der Waals surface area contributed by atoms with Gasteiger partial charge in [-0.2, -0.15) is 28.1 Å². The molecule has 2 aromatic rings. The number of hydrogen-bond donors (Lipinski definition) is 3. The van der Waals surface area contributed by atoms with Crippen LogP contribution in [0.5, 0.6) is 11.8 Å². The third kappa shape index (κ3) is 6.36. The lowest BCUT2D eigenvalue weighted by atomic mass is 10.1. The molecule has 1 aromatic heterocycles. The summed E-state index contributed by atoms with van der Waals surface area (Å²) in [5, 5.41) is 15.1. The number of nitrogens with zero attached hydrogens (tertiary/aromatic N) is 3. The van der Waals surface area contributed by atoms with Crippen LogP contribution in [0.1, 0.15) is 36.0 Å². The van der Waals surface area contributed by atoms with E-state index in [1.54, 1.807) is 0 Å². The number of carbonyl (C=O) groups is 1. The molecule has 12 heteroatoms. The molecule has 0 radical (unpaired) electrons. The van der Waals surface area contributed by atoms with Gasteiger partial charge in [-0.3, -0.25) is 0 Å². The number of anilines is 3. The van der Waals surface area contributed by atoms with Gasteiger partial charge in [0.15, 0.2) is 6.61 Å². The van der Waals surface area contributed by atoms with E-state index in [-0.39, 0.29) is 23.2 Å². The van der Waals surface area contributed by atoms with Gasteiger partial charge >= 0.3 is 18.2 Å². The van der Waals surface area contributed by atoms with E-state index in [9.17, 15) is 23.1 Å². The van der Waals surface area contributed by atoms with Crippen LogP contribution in [-0.4, -0.2) is 52.0 Å². The van der Waals surface area contributed by atoms with E-state index in [0.717, 1.165) is 25.7 Å². The van der Waals surface area contributed by atoms with Gasteiger partial charge < -0.3 is 25.2 Å². The van der Waals surface area contributed by atoms with Crippen molar-refractivity contribution in [1.29, 1.82) is 0 Å². The van der Waals surface area contributed by atoms with E-state index < -0.39 is 24.8 Å². The highest BCUT2D eigenvalue weighted by Crippen LogP contribution is 2.26. The number of ether oxygens (including phenoxy) is 2. The van der Waals surface area contributed by atoms with Crippen molar-refractivity contribution < 1.29 is 32.5 Å². The third-order valence-corrected chi connectivity index (χ3v) is 4.06. The number of alkyl halides is 3. The Hall–Kier alpha value is -3.31. The summed E-state index contributed by atoms with van der Waals surface area (Å²) in [6.45, 7) is -0.667. The molecule has 1 aromatic carbocycles. The number of benzene rings is 1. The maximum atomic E-state index is 12.5. The largest absolute Gasteiger partial charge is 0.493 e. The van der Waals surface area contributed by atoms with Crippen molar-refractivity contribution in [1.82, 2.24) is 15.0 Å². The number of carboxylic acid groups (broad SMARTS) is 1. The highest BCUT2D eigenvalue weighted by Gasteiger charge is 2.29. The average Bonchev–Trinajstić information content (AvgIpc) is 2.67. The molecule has 0 fully saturated rings. The lowest BCUT2D eigenvalue weighted by Gasteiger charge is -2.13. The molecule has 0 atom stereocenters. The third-order valence-electron chi connectivity index (χ3n) is 4.06. The molecule has 0 saturated carbocycles. The minimum absolute atomic E-state index is 0.00271. The Balaban J connectivity index is 1.91. The molecule has 0 spiro atoms. The summed E-state index contributed by atoms with van der Waals surface area (Å²) < 4.78 is 47.7. The predicted octanol–water partition coefficient (Wildman–Crippen LogP) is 3.62. The van der Waals surface area contributed by atoms with E-state index in [2.05, 4.69) is 30.3 Å². The van der Waals surface area contributed by atoms with Crippen LogP contribution in [0, 0.1) is 0 Å². The second-order valence-electron chi connectivity index (χ2n) is 6.50. The molecule has 3 rings (SSSR count). The zero-order valence-electron chi connectivity index (χ0n) is 15.8. The molecule has 0 amide bonds. The molecular weight excluding hydrogens is 407 g/mol. The van der Waals surface area contributed by atoms with Crippen LogP contribution in [0.2, 0.25) is 0 Å². The molecule has 2 heterocycles. The van der Waals surface area contributed by atoms with Crippen LogP contribution in [0.15, 0.2) is 18.2 Å². The molecule has 3 N–H and O–H groups in total. The minimum Gasteiger partial charge on any atom is -0.493 e. The fourth-order valence-electron chi connectivity index (χ4n) is 2.69. The molecule has 30 heavy (non-hydrogen) atoms. The van der Waals surface area contributed by atoms with Gasteiger partial charge in [0.25, 0.3) is 0 Å². The number of aromatic nitrogens is 3. The van der Waals surface area contributed by atoms with Crippen LogP contribution in [-0.2, 0) is 0 Å². The number of aromatic carboxylic acids is 1. The number of nitrogens with one attached hydrogen (secondary N) is 2. The van der Waals surface area contributed by atoms with E-state index in [1.165, 1.54) is 18.2 Å². The monoisotopic (exact) mass is 427 g/mol. The Morgan fingerprint density at radius 3 is 2.67 bits per heavy atom. The number of halogens is 3. The molecule has 4 bridgehead atoms. The summed E-state index contributed by atoms with van der Waals surface area (Å²) in [6, 6.07) is 3.81. The lowest BCUT2D eigenvalue weighted by molar-refractivity contribution is -0.154. The second-order valence-corrected chi connectivity index (χ2v) is 6.50. The Morgan fingerprint density at radius 1 is 1.13 bits per heavy atom. The fraction of sp³-hybridized carbons (Fsp3) is 0.444. The van der Waals surface area contributed by atoms with E-state index >= 15 is 0 Å². The number of fused-ring (bicyclic) bond motifs is 4. The highest BCUT2D eigenvalue weighted by molar-refractivity contribution is 5.91. The van der Waals surface area contributed by atoms with Crippen molar-refractivity contribution in [2.45, 2.75) is 31.9 Å². The fourth-order valence-corrected chi connectivity index (χ4v) is 2.69. The molecule has 0 aliphatic carbocycles. The smallest absolute Gasteiger partial charge is 0.422 e. The Labute approximate surface area is 169 Å². The van der Waals surface area contributed by atoms with Crippen molar-refractivity contribution >= 4 is 23.6 Å². The quantitative estimate of drug-likeness (QED) is 0.675. The Bertz CT molecular complexity index is 895. The first-order chi connectivity index (χ1) is 14.3. The van der Waals surface area contributed by atoms with Crippen LogP contribution in [0.25, 0.3) is 0 Å². The molecule has 1 aliphatic heterocycles. The summed E-state index contributed by atoms with van der Waals surface area (Å²) in [7, 11) is 0. The van der Waals surface area contributed by atoms with Gasteiger partial charge in [0.2, 0.25) is 11.9 Å². The van der Waals surface area contributed by atoms with Gasteiger partial charge in [0, 0.05) is 18.3 Å². The summed E-state index contributed by atoms with van der Waals surface area (Å²) >= 11 is 0. The molecule has 0 unspecified atom stereocenters. The SMILES string of the molecule is O=C(O)c1ccc2cc1OCCCCCCNc1nc(nc(OCC(F)(F)F)n1)N2. The minimum atomic E-state index is -4.54. The van der Waals surface area contributed by atoms with Gasteiger partial charge in [-0.25, -0.2) is 4.79 Å². The van der Waals surface area contributed by atoms with Gasteiger partial charge in [-0.15, -0.1) is 0 Å². The standard InChI is InChI=1S/C18H20F3N5O4/c19-18(20,21)10-30-17-25-15-22-7-3-1-2-4-8-29-13-9-11(23-16(24-15)26-17)5-6-12(13)14(27)28/h5-6,9H,1-4,7-8,10H2,(H,27,28)(H2,22,23,24,25,26). The van der Waals surface area contributed by atoms with Crippen molar-refractivity contribution in [3.05, 3.63) is 23.8 Å². The first-order valence-electron chi connectivity index (χ1n) is 9.27.